The molecule has 6 nitrogen and oxygen atoms in total. The van der Waals surface area contributed by atoms with Gasteiger partial charge in [-0.15, -0.1) is 5.10 Å². The normalized spacial score (nSPS) is 14.0. The molecule has 0 radical (unpaired) electrons. The number of benzene rings is 1. The second kappa shape index (κ2) is 5.29. The van der Waals surface area contributed by atoms with Crippen LogP contribution in [0.15, 0.2) is 28.9 Å². The molecule has 0 fully saturated rings. The number of aliphatic hydroxyl groups is 1. The lowest BCUT2D eigenvalue weighted by molar-refractivity contribution is 0.0306. The van der Waals surface area contributed by atoms with E-state index in [0.29, 0.717) is 4.47 Å². The van der Waals surface area contributed by atoms with Crippen molar-refractivity contribution in [2.45, 2.75) is 19.1 Å². The Hall–Kier alpha value is -1.80. The van der Waals surface area contributed by atoms with E-state index in [-0.39, 0.29) is 17.8 Å². The van der Waals surface area contributed by atoms with E-state index < -0.39 is 17.3 Å². The second-order valence-corrected chi connectivity index (χ2v) is 5.48. The van der Waals surface area contributed by atoms with Crippen LogP contribution < -0.4 is 5.73 Å². The minimum absolute atomic E-state index is 0.0166. The van der Waals surface area contributed by atoms with Crippen LogP contribution in [0.25, 0.3) is 0 Å². The number of hydrogen-bond donors (Lipinski definition) is 2. The summed E-state index contributed by atoms with van der Waals surface area (Å²) in [5, 5.41) is 17.6. The zero-order valence-electron chi connectivity index (χ0n) is 10.5. The summed E-state index contributed by atoms with van der Waals surface area (Å²) in [5.74, 6) is -1.26. The Morgan fingerprint density at radius 1 is 1.60 bits per heavy atom. The zero-order valence-corrected chi connectivity index (χ0v) is 12.1. The summed E-state index contributed by atoms with van der Waals surface area (Å²) in [6, 6.07) is 4.37. The van der Waals surface area contributed by atoms with Gasteiger partial charge >= 0.3 is 0 Å². The van der Waals surface area contributed by atoms with Crippen LogP contribution in [0.5, 0.6) is 0 Å². The molecule has 2 rings (SSSR count). The van der Waals surface area contributed by atoms with Crippen LogP contribution in [-0.4, -0.2) is 26.0 Å². The van der Waals surface area contributed by atoms with E-state index in [9.17, 15) is 14.3 Å². The van der Waals surface area contributed by atoms with Crippen molar-refractivity contribution < 1.29 is 14.3 Å². The average molecular weight is 343 g/mol. The van der Waals surface area contributed by atoms with E-state index in [4.69, 9.17) is 5.73 Å². The summed E-state index contributed by atoms with van der Waals surface area (Å²) in [4.78, 5) is 10.9. The van der Waals surface area contributed by atoms with Crippen LogP contribution in [-0.2, 0) is 12.1 Å². The van der Waals surface area contributed by atoms with Gasteiger partial charge in [0.1, 0.15) is 11.4 Å². The molecule has 0 aliphatic carbocycles. The van der Waals surface area contributed by atoms with Gasteiger partial charge in [0.2, 0.25) is 0 Å². The number of nitrogens with two attached hydrogens (primary N) is 1. The van der Waals surface area contributed by atoms with E-state index in [0.717, 1.165) is 0 Å². The van der Waals surface area contributed by atoms with Gasteiger partial charge in [-0.3, -0.25) is 4.79 Å². The summed E-state index contributed by atoms with van der Waals surface area (Å²) in [6.45, 7) is 1.39. The SMILES string of the molecule is CC(O)(Cn1cc(C(N)=O)nn1)c1ccc(Br)cc1F. The fraction of sp³-hybridized carbons (Fsp3) is 0.250. The Kier molecular flexibility index (Phi) is 3.87. The molecular weight excluding hydrogens is 331 g/mol. The molecule has 8 heteroatoms. The number of rotatable bonds is 4. The van der Waals surface area contributed by atoms with Crippen molar-refractivity contribution in [1.82, 2.24) is 15.0 Å². The van der Waals surface area contributed by atoms with Crippen molar-refractivity contribution in [1.29, 1.82) is 0 Å². The number of nitrogens with zero attached hydrogens (tertiary/aromatic N) is 3. The highest BCUT2D eigenvalue weighted by Gasteiger charge is 2.28. The number of amides is 1. The molecule has 0 spiro atoms. The van der Waals surface area contributed by atoms with Gasteiger partial charge in [-0.05, 0) is 19.1 Å². The summed E-state index contributed by atoms with van der Waals surface area (Å²) in [5.41, 5.74) is 3.66. The third kappa shape index (κ3) is 3.02. The van der Waals surface area contributed by atoms with Crippen LogP contribution in [0.1, 0.15) is 23.0 Å². The lowest BCUT2D eigenvalue weighted by Crippen LogP contribution is -2.29. The first-order chi connectivity index (χ1) is 9.29. The number of hydrogen-bond acceptors (Lipinski definition) is 4. The predicted octanol–water partition coefficient (Wildman–Crippen LogP) is 1.19. The number of primary amides is 1. The molecule has 1 aromatic heterocycles. The molecule has 106 valence electrons. The number of aromatic nitrogens is 3. The molecule has 3 N–H and O–H groups in total. The standard InChI is InChI=1S/C12H12BrFN4O2/c1-12(20,8-3-2-7(13)4-9(8)14)6-18-5-10(11(15)19)16-17-18/h2-5,20H,6H2,1H3,(H2,15,19). The van der Waals surface area contributed by atoms with Gasteiger partial charge in [0.05, 0.1) is 12.7 Å². The maximum Gasteiger partial charge on any atom is 0.270 e. The predicted molar refractivity (Wildman–Crippen MR) is 72.2 cm³/mol. The van der Waals surface area contributed by atoms with Crippen molar-refractivity contribution in [3.05, 3.63) is 45.9 Å². The largest absolute Gasteiger partial charge is 0.383 e. The number of carbonyl (C=O) groups is 1. The van der Waals surface area contributed by atoms with E-state index >= 15 is 0 Å². The lowest BCUT2D eigenvalue weighted by Gasteiger charge is -2.24. The molecule has 0 aliphatic rings. The summed E-state index contributed by atoms with van der Waals surface area (Å²) in [7, 11) is 0. The van der Waals surface area contributed by atoms with E-state index in [1.807, 2.05) is 0 Å². The van der Waals surface area contributed by atoms with Crippen molar-refractivity contribution >= 4 is 21.8 Å². The van der Waals surface area contributed by atoms with Crippen LogP contribution in [0, 0.1) is 5.82 Å². The van der Waals surface area contributed by atoms with Crippen molar-refractivity contribution in [3.63, 3.8) is 0 Å². The topological polar surface area (TPSA) is 94.0 Å². The molecule has 0 saturated carbocycles. The Morgan fingerprint density at radius 2 is 2.30 bits per heavy atom. The minimum atomic E-state index is -1.51. The molecule has 1 atom stereocenters. The maximum atomic E-state index is 13.9. The van der Waals surface area contributed by atoms with E-state index in [1.165, 1.54) is 29.9 Å². The molecule has 1 amide bonds. The molecule has 0 bridgehead atoms. The van der Waals surface area contributed by atoms with Crippen molar-refractivity contribution in [2.24, 2.45) is 5.73 Å². The monoisotopic (exact) mass is 342 g/mol. The number of halogens is 2. The molecule has 20 heavy (non-hydrogen) atoms. The van der Waals surface area contributed by atoms with Gasteiger partial charge in [0.15, 0.2) is 5.69 Å². The Labute approximate surface area is 122 Å². The molecule has 0 saturated heterocycles. The second-order valence-electron chi connectivity index (χ2n) is 4.56. The summed E-state index contributed by atoms with van der Waals surface area (Å²) >= 11 is 3.15. The van der Waals surface area contributed by atoms with Crippen LogP contribution >= 0.6 is 15.9 Å². The van der Waals surface area contributed by atoms with Gasteiger partial charge < -0.3 is 10.8 Å². The Bertz CT molecular complexity index is 657. The van der Waals surface area contributed by atoms with Crippen molar-refractivity contribution in [3.8, 4) is 0 Å². The third-order valence-electron chi connectivity index (χ3n) is 2.77. The summed E-state index contributed by atoms with van der Waals surface area (Å²) < 4.78 is 15.7. The van der Waals surface area contributed by atoms with Gasteiger partial charge in [0, 0.05) is 10.0 Å². The van der Waals surface area contributed by atoms with Gasteiger partial charge in [0.25, 0.3) is 5.91 Å². The molecule has 0 aliphatic heterocycles. The number of carbonyl (C=O) groups excluding carboxylic acids is 1. The van der Waals surface area contributed by atoms with Crippen LogP contribution in [0.4, 0.5) is 4.39 Å². The Morgan fingerprint density at radius 3 is 2.85 bits per heavy atom. The van der Waals surface area contributed by atoms with Crippen LogP contribution in [0.2, 0.25) is 0 Å². The molecule has 1 aromatic carbocycles. The van der Waals surface area contributed by atoms with Gasteiger partial charge in [-0.1, -0.05) is 27.2 Å². The smallest absolute Gasteiger partial charge is 0.270 e. The Balaban J connectivity index is 2.27. The zero-order chi connectivity index (χ0) is 14.9. The van der Waals surface area contributed by atoms with Gasteiger partial charge in [-0.25, -0.2) is 9.07 Å². The average Bonchev–Trinajstić information content (AvgIpc) is 2.76. The first-order valence-corrected chi connectivity index (χ1v) is 6.47. The lowest BCUT2D eigenvalue weighted by atomic mass is 9.95. The maximum absolute atomic E-state index is 13.9. The highest BCUT2D eigenvalue weighted by Crippen LogP contribution is 2.27. The summed E-state index contributed by atoms with van der Waals surface area (Å²) in [6.07, 6.45) is 1.30. The molecule has 1 unspecified atom stereocenters. The minimum Gasteiger partial charge on any atom is -0.383 e. The molecule has 2 aromatic rings. The highest BCUT2D eigenvalue weighted by molar-refractivity contribution is 9.10. The fourth-order valence-corrected chi connectivity index (χ4v) is 2.15. The van der Waals surface area contributed by atoms with Gasteiger partial charge in [-0.2, -0.15) is 0 Å². The quantitative estimate of drug-likeness (QED) is 0.872. The first kappa shape index (κ1) is 14.6. The third-order valence-corrected chi connectivity index (χ3v) is 3.27. The fourth-order valence-electron chi connectivity index (χ4n) is 1.82. The van der Waals surface area contributed by atoms with Crippen LogP contribution in [0.3, 0.4) is 0 Å². The molecule has 1 heterocycles. The molecular formula is C12H12BrFN4O2. The van der Waals surface area contributed by atoms with E-state index in [2.05, 4.69) is 26.2 Å². The van der Waals surface area contributed by atoms with E-state index in [1.54, 1.807) is 6.07 Å². The highest BCUT2D eigenvalue weighted by atomic mass is 79.9. The first-order valence-electron chi connectivity index (χ1n) is 5.67. The van der Waals surface area contributed by atoms with Crippen molar-refractivity contribution in [2.75, 3.05) is 0 Å².